The second-order valence-corrected chi connectivity index (χ2v) is 3.54. The first-order chi connectivity index (χ1) is 8.40. The molecule has 1 N–H and O–H groups in total. The van der Waals surface area contributed by atoms with Crippen LogP contribution < -0.4 is 5.32 Å². The second-order valence-electron chi connectivity index (χ2n) is 3.54. The van der Waals surface area contributed by atoms with Gasteiger partial charge in [-0.05, 0) is 18.6 Å². The summed E-state index contributed by atoms with van der Waals surface area (Å²) in [5.41, 5.74) is -0.284. The summed E-state index contributed by atoms with van der Waals surface area (Å²) in [7, 11) is 0. The van der Waals surface area contributed by atoms with E-state index in [0.717, 1.165) is 12.1 Å². The van der Waals surface area contributed by atoms with Crippen LogP contribution >= 0.6 is 0 Å². The summed E-state index contributed by atoms with van der Waals surface area (Å²) in [6.07, 6.45) is -4.14. The quantitative estimate of drug-likeness (QED) is 0.631. The summed E-state index contributed by atoms with van der Waals surface area (Å²) in [5, 5.41) is 2.47. The van der Waals surface area contributed by atoms with Crippen molar-refractivity contribution in [2.24, 2.45) is 0 Å². The summed E-state index contributed by atoms with van der Waals surface area (Å²) in [6, 6.07) is 3.40. The summed E-state index contributed by atoms with van der Waals surface area (Å²) >= 11 is 0. The molecule has 0 unspecified atom stereocenters. The van der Waals surface area contributed by atoms with Gasteiger partial charge in [0.05, 0.1) is 0 Å². The van der Waals surface area contributed by atoms with Gasteiger partial charge < -0.3 is 10.1 Å². The lowest BCUT2D eigenvalue weighted by Crippen LogP contribution is -2.18. The van der Waals surface area contributed by atoms with Gasteiger partial charge in [-0.2, -0.15) is 13.2 Å². The molecule has 2 nitrogen and oxygen atoms in total. The molecule has 0 amide bonds. The second kappa shape index (κ2) is 6.53. The lowest BCUT2D eigenvalue weighted by molar-refractivity contribution is -0.173. The van der Waals surface area contributed by atoms with Crippen LogP contribution in [0.25, 0.3) is 0 Å². The van der Waals surface area contributed by atoms with Crippen LogP contribution in [-0.2, 0) is 4.74 Å². The van der Waals surface area contributed by atoms with E-state index in [1.54, 1.807) is 0 Å². The lowest BCUT2D eigenvalue weighted by Gasteiger charge is -2.09. The molecule has 0 heterocycles. The Kier molecular flexibility index (Phi) is 5.33. The maximum absolute atomic E-state index is 13.1. The number of rotatable bonds is 6. The number of nitrogens with one attached hydrogen (secondary N) is 1. The molecule has 0 saturated heterocycles. The van der Waals surface area contributed by atoms with E-state index in [1.807, 2.05) is 0 Å². The highest BCUT2D eigenvalue weighted by Gasteiger charge is 2.27. The fraction of sp³-hybridized carbons (Fsp3) is 0.455. The van der Waals surface area contributed by atoms with Gasteiger partial charge in [-0.25, -0.2) is 8.78 Å². The van der Waals surface area contributed by atoms with Crippen LogP contribution in [0, 0.1) is 11.6 Å². The van der Waals surface area contributed by atoms with Gasteiger partial charge in [0.2, 0.25) is 0 Å². The predicted octanol–water partition coefficient (Wildman–Crippen LogP) is 3.35. The summed E-state index contributed by atoms with van der Waals surface area (Å²) < 4.78 is 65.6. The molecule has 0 aromatic heterocycles. The smallest absolute Gasteiger partial charge is 0.380 e. The highest BCUT2D eigenvalue weighted by atomic mass is 19.4. The van der Waals surface area contributed by atoms with Crippen LogP contribution in [0.5, 0.6) is 0 Å². The van der Waals surface area contributed by atoms with Gasteiger partial charge in [0.1, 0.15) is 23.9 Å². The topological polar surface area (TPSA) is 21.3 Å². The maximum atomic E-state index is 13.1. The summed E-state index contributed by atoms with van der Waals surface area (Å²) in [4.78, 5) is 0. The molecule has 1 aromatic carbocycles. The highest BCUT2D eigenvalue weighted by molar-refractivity contribution is 5.45. The Hall–Kier alpha value is -1.37. The molecular weight excluding hydrogens is 257 g/mol. The Labute approximate surface area is 101 Å². The monoisotopic (exact) mass is 269 g/mol. The first-order valence-electron chi connectivity index (χ1n) is 5.22. The van der Waals surface area contributed by atoms with Crippen molar-refractivity contribution < 1.29 is 26.7 Å². The molecule has 0 aliphatic carbocycles. The number of anilines is 1. The number of ether oxygens (including phenoxy) is 1. The highest BCUT2D eigenvalue weighted by Crippen LogP contribution is 2.18. The SMILES string of the molecule is Fc1cccc(F)c1NCCCOCC(F)(F)F. The third-order valence-electron chi connectivity index (χ3n) is 2.00. The van der Waals surface area contributed by atoms with Crippen molar-refractivity contribution in [2.75, 3.05) is 25.1 Å². The molecule has 18 heavy (non-hydrogen) atoms. The molecule has 0 radical (unpaired) electrons. The largest absolute Gasteiger partial charge is 0.411 e. The first-order valence-corrected chi connectivity index (χ1v) is 5.22. The van der Waals surface area contributed by atoms with E-state index in [-0.39, 0.29) is 25.3 Å². The van der Waals surface area contributed by atoms with Gasteiger partial charge >= 0.3 is 6.18 Å². The van der Waals surface area contributed by atoms with Crippen molar-refractivity contribution in [3.05, 3.63) is 29.8 Å². The number of hydrogen-bond acceptors (Lipinski definition) is 2. The van der Waals surface area contributed by atoms with E-state index in [9.17, 15) is 22.0 Å². The minimum absolute atomic E-state index is 0.121. The first kappa shape index (κ1) is 14.7. The molecule has 0 fully saturated rings. The minimum Gasteiger partial charge on any atom is -0.380 e. The predicted molar refractivity (Wildman–Crippen MR) is 56.3 cm³/mol. The van der Waals surface area contributed by atoms with E-state index < -0.39 is 24.4 Å². The van der Waals surface area contributed by atoms with Crippen LogP contribution in [0.4, 0.5) is 27.6 Å². The molecule has 7 heteroatoms. The number of benzene rings is 1. The summed E-state index contributed by atoms with van der Waals surface area (Å²) in [6.45, 7) is -1.33. The molecule has 1 aromatic rings. The Balaban J connectivity index is 2.22. The number of para-hydroxylation sites is 1. The number of halogens is 5. The average Bonchev–Trinajstić information content (AvgIpc) is 2.25. The van der Waals surface area contributed by atoms with Crippen molar-refractivity contribution in [3.8, 4) is 0 Å². The van der Waals surface area contributed by atoms with Crippen molar-refractivity contribution >= 4 is 5.69 Å². The third-order valence-corrected chi connectivity index (χ3v) is 2.00. The zero-order chi connectivity index (χ0) is 13.6. The number of hydrogen-bond donors (Lipinski definition) is 1. The Morgan fingerprint density at radius 1 is 1.11 bits per heavy atom. The normalized spacial score (nSPS) is 11.6. The van der Waals surface area contributed by atoms with E-state index in [4.69, 9.17) is 0 Å². The Bertz CT molecular complexity index is 360. The van der Waals surface area contributed by atoms with E-state index in [0.29, 0.717) is 0 Å². The van der Waals surface area contributed by atoms with E-state index >= 15 is 0 Å². The van der Waals surface area contributed by atoms with Crippen LogP contribution in [0.1, 0.15) is 6.42 Å². The molecule has 0 bridgehead atoms. The molecule has 0 aliphatic rings. The standard InChI is InChI=1S/C11H12F5NO/c12-8-3-1-4-9(13)10(8)17-5-2-6-18-7-11(14,15)16/h1,3-4,17H,2,5-7H2. The van der Waals surface area contributed by atoms with Crippen molar-refractivity contribution in [2.45, 2.75) is 12.6 Å². The van der Waals surface area contributed by atoms with Gasteiger partial charge in [-0.1, -0.05) is 6.07 Å². The van der Waals surface area contributed by atoms with Crippen LogP contribution in [0.15, 0.2) is 18.2 Å². The maximum Gasteiger partial charge on any atom is 0.411 e. The molecule has 102 valence electrons. The van der Waals surface area contributed by atoms with Crippen LogP contribution in [0.3, 0.4) is 0 Å². The number of alkyl halides is 3. The van der Waals surface area contributed by atoms with Gasteiger partial charge in [0.25, 0.3) is 0 Å². The molecular formula is C11H12F5NO. The van der Waals surface area contributed by atoms with Crippen LogP contribution in [-0.4, -0.2) is 25.9 Å². The van der Waals surface area contributed by atoms with E-state index in [2.05, 4.69) is 10.1 Å². The van der Waals surface area contributed by atoms with Crippen molar-refractivity contribution in [1.82, 2.24) is 0 Å². The fourth-order valence-electron chi connectivity index (χ4n) is 1.24. The zero-order valence-corrected chi connectivity index (χ0v) is 9.36. The molecule has 0 aliphatic heterocycles. The van der Waals surface area contributed by atoms with Crippen molar-refractivity contribution in [1.29, 1.82) is 0 Å². The van der Waals surface area contributed by atoms with Gasteiger partial charge in [-0.15, -0.1) is 0 Å². The van der Waals surface area contributed by atoms with Crippen LogP contribution in [0.2, 0.25) is 0 Å². The molecule has 1 rings (SSSR count). The Morgan fingerprint density at radius 3 is 2.28 bits per heavy atom. The summed E-state index contributed by atoms with van der Waals surface area (Å²) in [5.74, 6) is -1.49. The van der Waals surface area contributed by atoms with Gasteiger partial charge in [0.15, 0.2) is 0 Å². The lowest BCUT2D eigenvalue weighted by atomic mass is 10.3. The van der Waals surface area contributed by atoms with Gasteiger partial charge in [0, 0.05) is 13.2 Å². The Morgan fingerprint density at radius 2 is 1.72 bits per heavy atom. The van der Waals surface area contributed by atoms with E-state index in [1.165, 1.54) is 6.07 Å². The third kappa shape index (κ3) is 5.31. The minimum atomic E-state index is -4.36. The zero-order valence-electron chi connectivity index (χ0n) is 9.36. The molecule has 0 saturated carbocycles. The molecule has 0 atom stereocenters. The average molecular weight is 269 g/mol. The molecule has 0 spiro atoms. The fourth-order valence-corrected chi connectivity index (χ4v) is 1.24. The van der Waals surface area contributed by atoms with Gasteiger partial charge in [-0.3, -0.25) is 0 Å². The van der Waals surface area contributed by atoms with Crippen molar-refractivity contribution in [3.63, 3.8) is 0 Å².